The molecule has 204 valence electrons. The predicted molar refractivity (Wildman–Crippen MR) is 126 cm³/mol. The molecular formula is C18H36N2O12P3+. The van der Waals surface area contributed by atoms with E-state index in [1.54, 1.807) is 7.05 Å². The first-order valence-corrected chi connectivity index (χ1v) is 15.6. The zero-order chi connectivity index (χ0) is 27.3. The van der Waals surface area contributed by atoms with Gasteiger partial charge in [0.2, 0.25) is 6.41 Å². The van der Waals surface area contributed by atoms with Gasteiger partial charge in [0, 0.05) is 13.0 Å². The molecule has 0 aromatic heterocycles. The fourth-order valence-electron chi connectivity index (χ4n) is 2.86. The Balaban J connectivity index is 0.000000883. The standard InChI is InChI=1S/C14H25NO7P2.C4H10NO5P/c1-15(11-6-5-9-13-7-3-2-4-8-13)12-10-14(16,23(17,18)19)24(20,21)22;6-4-5(7)2-1-3-11(8,9)10/h2-4,7-8,16H,5-6,9-12H2,1H3,(H2,17,18,19)(H2,20,21,22);4,7H,1-3H2,(H2,8,9,10)/p+1. The molecule has 1 aromatic carbocycles. The number of benzene rings is 1. The maximum Gasteiger partial charge on any atom is 0.369 e. The number of carbonyl (C=O) groups is 1. The van der Waals surface area contributed by atoms with Gasteiger partial charge in [-0.25, -0.2) is 5.06 Å². The maximum absolute atomic E-state index is 11.3. The van der Waals surface area contributed by atoms with E-state index in [-0.39, 0.29) is 32.1 Å². The topological polar surface area (TPSA) is 238 Å². The van der Waals surface area contributed by atoms with Gasteiger partial charge >= 0.3 is 22.8 Å². The molecule has 1 atom stereocenters. The molecule has 0 fully saturated rings. The second kappa shape index (κ2) is 15.3. The van der Waals surface area contributed by atoms with Crippen molar-refractivity contribution in [1.82, 2.24) is 5.06 Å². The van der Waals surface area contributed by atoms with Crippen LogP contribution in [0.3, 0.4) is 0 Å². The number of nitrogens with zero attached hydrogens (tertiary/aromatic N) is 1. The van der Waals surface area contributed by atoms with Gasteiger partial charge in [0.05, 0.1) is 26.3 Å². The van der Waals surface area contributed by atoms with Crippen LogP contribution in [0.2, 0.25) is 0 Å². The van der Waals surface area contributed by atoms with Crippen molar-refractivity contribution in [2.45, 2.75) is 37.2 Å². The van der Waals surface area contributed by atoms with Crippen LogP contribution in [0.4, 0.5) is 0 Å². The summed E-state index contributed by atoms with van der Waals surface area (Å²) in [6, 6.07) is 9.97. The Hall–Kier alpha value is -0.980. The molecule has 0 saturated heterocycles. The summed E-state index contributed by atoms with van der Waals surface area (Å²) in [5.41, 5.74) is 1.23. The number of amides is 1. The molecule has 14 nitrogen and oxygen atoms in total. The van der Waals surface area contributed by atoms with E-state index >= 15 is 0 Å². The molecular weight excluding hydrogens is 529 g/mol. The van der Waals surface area contributed by atoms with Crippen molar-refractivity contribution in [1.29, 1.82) is 0 Å². The first-order valence-electron chi connectivity index (χ1n) is 10.6. The molecule has 35 heavy (non-hydrogen) atoms. The number of nitrogens with one attached hydrogen (secondary N) is 1. The average Bonchev–Trinajstić information content (AvgIpc) is 2.73. The fourth-order valence-corrected chi connectivity index (χ4v) is 5.58. The van der Waals surface area contributed by atoms with Gasteiger partial charge in [-0.1, -0.05) is 30.3 Å². The summed E-state index contributed by atoms with van der Waals surface area (Å²) in [7, 11) is -13.0. The van der Waals surface area contributed by atoms with Crippen LogP contribution in [-0.2, 0) is 24.9 Å². The van der Waals surface area contributed by atoms with Gasteiger partial charge in [-0.3, -0.25) is 23.7 Å². The monoisotopic (exact) mass is 565 g/mol. The highest BCUT2D eigenvalue weighted by Gasteiger charge is 2.59. The van der Waals surface area contributed by atoms with Crippen LogP contribution >= 0.6 is 22.8 Å². The molecule has 1 aromatic rings. The lowest BCUT2D eigenvalue weighted by atomic mass is 10.1. The van der Waals surface area contributed by atoms with Gasteiger partial charge in [-0.15, -0.1) is 0 Å². The minimum atomic E-state index is -5.36. The summed E-state index contributed by atoms with van der Waals surface area (Å²) in [4.78, 5) is 63.6. The third-order valence-electron chi connectivity index (χ3n) is 4.94. The third kappa shape index (κ3) is 14.4. The molecule has 9 N–H and O–H groups in total. The molecule has 0 radical (unpaired) electrons. The molecule has 1 rings (SSSR count). The maximum atomic E-state index is 11.3. The van der Waals surface area contributed by atoms with Crippen LogP contribution in [0.5, 0.6) is 0 Å². The van der Waals surface area contributed by atoms with E-state index in [1.807, 2.05) is 30.3 Å². The zero-order valence-electron chi connectivity index (χ0n) is 19.3. The Morgan fingerprint density at radius 1 is 0.914 bits per heavy atom. The number of unbranched alkanes of at least 4 members (excludes halogenated alkanes) is 1. The van der Waals surface area contributed by atoms with Crippen molar-refractivity contribution in [2.24, 2.45) is 0 Å². The third-order valence-corrected chi connectivity index (χ3v) is 9.72. The predicted octanol–water partition coefficient (Wildman–Crippen LogP) is -0.683. The first kappa shape index (κ1) is 34.0. The second-order valence-electron chi connectivity index (χ2n) is 8.02. The number of hydrogen-bond donors (Lipinski definition) is 9. The molecule has 0 saturated carbocycles. The quantitative estimate of drug-likeness (QED) is 0.0423. The van der Waals surface area contributed by atoms with Gasteiger partial charge in [-0.05, 0) is 31.2 Å². The summed E-state index contributed by atoms with van der Waals surface area (Å²) in [5.74, 6) is 0. The van der Waals surface area contributed by atoms with E-state index in [0.29, 0.717) is 11.6 Å². The number of rotatable bonds is 15. The SMILES string of the molecule is C[NH+](CCCCc1ccccc1)CCC(O)(P(=O)(O)O)P(=O)(O)O.O=CN(O)CCCP(=O)(O)O. The molecule has 0 bridgehead atoms. The highest BCUT2D eigenvalue weighted by Crippen LogP contribution is 2.68. The van der Waals surface area contributed by atoms with Gasteiger partial charge < -0.3 is 39.4 Å². The van der Waals surface area contributed by atoms with Crippen LogP contribution < -0.4 is 4.90 Å². The summed E-state index contributed by atoms with van der Waals surface area (Å²) in [6.07, 6.45) is 1.97. The minimum absolute atomic E-state index is 0.0397. The van der Waals surface area contributed by atoms with Gasteiger partial charge in [0.15, 0.2) is 0 Å². The minimum Gasteiger partial charge on any atom is -0.367 e. The molecule has 0 aliphatic carbocycles. The summed E-state index contributed by atoms with van der Waals surface area (Å²) < 4.78 is 32.8. The van der Waals surface area contributed by atoms with E-state index in [9.17, 15) is 23.6 Å². The second-order valence-corrected chi connectivity index (χ2v) is 13.8. The van der Waals surface area contributed by atoms with Crippen molar-refractivity contribution in [3.05, 3.63) is 35.9 Å². The van der Waals surface area contributed by atoms with E-state index in [2.05, 4.69) is 0 Å². The molecule has 17 heteroatoms. The van der Waals surface area contributed by atoms with Crippen LogP contribution in [0.1, 0.15) is 31.2 Å². The fraction of sp³-hybridized carbons (Fsp3) is 0.611. The Labute approximate surface area is 203 Å². The number of hydrogen-bond acceptors (Lipinski definition) is 6. The average molecular weight is 565 g/mol. The van der Waals surface area contributed by atoms with Gasteiger partial charge in [0.25, 0.3) is 5.08 Å². The number of aryl methyl sites for hydroxylation is 1. The number of carbonyl (C=O) groups excluding carboxylic acids is 1. The molecule has 1 unspecified atom stereocenters. The summed E-state index contributed by atoms with van der Waals surface area (Å²) in [6.45, 7) is 0.651. The van der Waals surface area contributed by atoms with Crippen molar-refractivity contribution in [3.8, 4) is 0 Å². The molecule has 1 amide bonds. The number of aliphatic hydroxyl groups is 1. The summed E-state index contributed by atoms with van der Waals surface area (Å²) in [5, 5.41) is 15.3. The highest BCUT2D eigenvalue weighted by molar-refractivity contribution is 7.72. The van der Waals surface area contributed by atoms with Crippen molar-refractivity contribution in [2.75, 3.05) is 32.8 Å². The van der Waals surface area contributed by atoms with Crippen LogP contribution in [-0.4, -0.2) is 89.1 Å². The van der Waals surface area contributed by atoms with E-state index in [1.165, 1.54) is 5.56 Å². The molecule has 0 heterocycles. The van der Waals surface area contributed by atoms with E-state index in [0.717, 1.165) is 24.2 Å². The lowest BCUT2D eigenvalue weighted by molar-refractivity contribution is -0.880. The lowest BCUT2D eigenvalue weighted by Crippen LogP contribution is -3.09. The number of quaternary nitrogens is 1. The summed E-state index contributed by atoms with van der Waals surface area (Å²) >= 11 is 0. The zero-order valence-corrected chi connectivity index (χ0v) is 22.0. The normalized spacial score (nSPS) is 13.5. The Morgan fingerprint density at radius 2 is 1.46 bits per heavy atom. The van der Waals surface area contributed by atoms with E-state index < -0.39 is 34.3 Å². The van der Waals surface area contributed by atoms with Crippen LogP contribution in [0, 0.1) is 0 Å². The smallest absolute Gasteiger partial charge is 0.367 e. The largest absolute Gasteiger partial charge is 0.369 e. The molecule has 0 spiro atoms. The van der Waals surface area contributed by atoms with Crippen molar-refractivity contribution >= 4 is 29.2 Å². The number of hydroxylamine groups is 2. The Bertz CT molecular complexity index is 864. The molecule has 0 aliphatic rings. The van der Waals surface area contributed by atoms with Crippen molar-refractivity contribution in [3.63, 3.8) is 0 Å². The Kier molecular flexibility index (Phi) is 14.9. The first-order chi connectivity index (χ1) is 15.9. The van der Waals surface area contributed by atoms with Crippen LogP contribution in [0.15, 0.2) is 30.3 Å². The lowest BCUT2D eigenvalue weighted by Gasteiger charge is -2.29. The molecule has 0 aliphatic heterocycles. The van der Waals surface area contributed by atoms with Gasteiger partial charge in [0.1, 0.15) is 0 Å². The van der Waals surface area contributed by atoms with Crippen molar-refractivity contribution < 1.29 is 63.1 Å². The highest BCUT2D eigenvalue weighted by atomic mass is 31.2. The van der Waals surface area contributed by atoms with Crippen LogP contribution in [0.25, 0.3) is 0 Å². The van der Waals surface area contributed by atoms with Gasteiger partial charge in [-0.2, -0.15) is 0 Å². The van der Waals surface area contributed by atoms with E-state index in [4.69, 9.17) is 34.6 Å². The Morgan fingerprint density at radius 3 is 1.91 bits per heavy atom.